The Labute approximate surface area is 205 Å². The van der Waals surface area contributed by atoms with E-state index in [2.05, 4.69) is 29.6 Å². The van der Waals surface area contributed by atoms with Crippen LogP contribution in [0, 0.1) is 11.8 Å². The number of alkyl carbamates (subject to hydrolysis) is 1. The third-order valence-electron chi connectivity index (χ3n) is 7.82. The van der Waals surface area contributed by atoms with Crippen LogP contribution in [0.1, 0.15) is 55.6 Å². The molecule has 2 aromatic carbocycles. The van der Waals surface area contributed by atoms with E-state index >= 15 is 0 Å². The van der Waals surface area contributed by atoms with Gasteiger partial charge < -0.3 is 20.1 Å². The van der Waals surface area contributed by atoms with Gasteiger partial charge in [0.1, 0.15) is 6.61 Å². The van der Waals surface area contributed by atoms with Crippen molar-refractivity contribution in [1.82, 2.24) is 10.2 Å². The lowest BCUT2D eigenvalue weighted by atomic mass is 9.84. The number of fused-ring (bicyclic) bond motifs is 3. The zero-order chi connectivity index (χ0) is 24.4. The molecule has 2 amide bonds. The van der Waals surface area contributed by atoms with Gasteiger partial charge in [-0.2, -0.15) is 0 Å². The maximum Gasteiger partial charge on any atom is 0.407 e. The molecular weight excluding hydrogens is 444 g/mol. The summed E-state index contributed by atoms with van der Waals surface area (Å²) in [5.74, 6) is -1.28. The van der Waals surface area contributed by atoms with E-state index in [-0.39, 0.29) is 30.4 Å². The fraction of sp³-hybridized carbons (Fsp3) is 0.464. The highest BCUT2D eigenvalue weighted by Gasteiger charge is 2.34. The Balaban J connectivity index is 1.10. The second kappa shape index (κ2) is 10.1. The summed E-state index contributed by atoms with van der Waals surface area (Å²) in [6, 6.07) is 16.5. The first-order valence-electron chi connectivity index (χ1n) is 12.6. The van der Waals surface area contributed by atoms with Crippen molar-refractivity contribution in [3.8, 4) is 11.1 Å². The van der Waals surface area contributed by atoms with Gasteiger partial charge in [-0.3, -0.25) is 9.59 Å². The van der Waals surface area contributed by atoms with Crippen LogP contribution in [0.5, 0.6) is 0 Å². The topological polar surface area (TPSA) is 95.9 Å². The maximum atomic E-state index is 12.9. The molecule has 0 aromatic heterocycles. The largest absolute Gasteiger partial charge is 0.481 e. The van der Waals surface area contributed by atoms with E-state index < -0.39 is 18.0 Å². The Morgan fingerprint density at radius 1 is 0.886 bits per heavy atom. The van der Waals surface area contributed by atoms with E-state index in [1.54, 1.807) is 4.90 Å². The van der Waals surface area contributed by atoms with Crippen LogP contribution in [0.2, 0.25) is 0 Å². The molecule has 1 saturated carbocycles. The number of carboxylic acid groups (broad SMARTS) is 1. The molecule has 1 aliphatic heterocycles. The van der Waals surface area contributed by atoms with Crippen LogP contribution >= 0.6 is 0 Å². The van der Waals surface area contributed by atoms with Crippen molar-refractivity contribution < 1.29 is 24.2 Å². The molecule has 35 heavy (non-hydrogen) atoms. The second-order valence-electron chi connectivity index (χ2n) is 9.98. The zero-order valence-electron chi connectivity index (χ0n) is 19.8. The van der Waals surface area contributed by atoms with Crippen molar-refractivity contribution in [1.29, 1.82) is 0 Å². The van der Waals surface area contributed by atoms with Crippen molar-refractivity contribution >= 4 is 18.0 Å². The van der Waals surface area contributed by atoms with Gasteiger partial charge in [-0.1, -0.05) is 48.5 Å². The number of nitrogens with zero attached hydrogens (tertiary/aromatic N) is 1. The minimum Gasteiger partial charge on any atom is -0.481 e. The molecule has 3 aliphatic rings. The monoisotopic (exact) mass is 476 g/mol. The van der Waals surface area contributed by atoms with Gasteiger partial charge in [-0.05, 0) is 60.8 Å². The lowest BCUT2D eigenvalue weighted by Crippen LogP contribution is -2.47. The van der Waals surface area contributed by atoms with Crippen LogP contribution in [-0.4, -0.2) is 53.7 Å². The van der Waals surface area contributed by atoms with Crippen molar-refractivity contribution in [3.63, 3.8) is 0 Å². The molecule has 5 rings (SSSR count). The Bertz CT molecular complexity index is 1060. The lowest BCUT2D eigenvalue weighted by molar-refractivity contribution is -0.147. The summed E-state index contributed by atoms with van der Waals surface area (Å²) >= 11 is 0. The summed E-state index contributed by atoms with van der Waals surface area (Å²) in [7, 11) is 0. The number of carboxylic acids is 1. The average Bonchev–Trinajstić information content (AvgIpc) is 3.21. The van der Waals surface area contributed by atoms with Crippen molar-refractivity contribution in [2.75, 3.05) is 19.7 Å². The van der Waals surface area contributed by atoms with Crippen LogP contribution < -0.4 is 5.32 Å². The summed E-state index contributed by atoms with van der Waals surface area (Å²) in [5, 5.41) is 12.3. The Morgan fingerprint density at radius 2 is 1.51 bits per heavy atom. The summed E-state index contributed by atoms with van der Waals surface area (Å²) in [6.45, 7) is 1.24. The Hall–Kier alpha value is -3.35. The number of nitrogens with one attached hydrogen (secondary N) is 1. The van der Waals surface area contributed by atoms with Crippen LogP contribution in [0.3, 0.4) is 0 Å². The van der Waals surface area contributed by atoms with Crippen molar-refractivity contribution in [3.05, 3.63) is 59.7 Å². The highest BCUT2D eigenvalue weighted by atomic mass is 16.5. The van der Waals surface area contributed by atoms with Gasteiger partial charge >= 0.3 is 12.1 Å². The number of hydrogen-bond acceptors (Lipinski definition) is 4. The maximum absolute atomic E-state index is 12.9. The van der Waals surface area contributed by atoms with E-state index in [1.807, 2.05) is 24.3 Å². The highest BCUT2D eigenvalue weighted by molar-refractivity contribution is 5.81. The van der Waals surface area contributed by atoms with Crippen molar-refractivity contribution in [2.45, 2.75) is 50.5 Å². The molecule has 0 spiro atoms. The molecule has 7 nitrogen and oxygen atoms in total. The predicted molar refractivity (Wildman–Crippen MR) is 131 cm³/mol. The molecule has 7 heteroatoms. The molecule has 0 unspecified atom stereocenters. The SMILES string of the molecule is O=C(NC1CCC(C(=O)N2CCC[C@@H](C(=O)O)C2)CC1)OCC1c2ccccc2-c2ccccc21. The van der Waals surface area contributed by atoms with Crippen molar-refractivity contribution in [2.24, 2.45) is 11.8 Å². The molecule has 184 valence electrons. The summed E-state index contributed by atoms with van der Waals surface area (Å²) < 4.78 is 5.67. The summed E-state index contributed by atoms with van der Waals surface area (Å²) in [4.78, 5) is 38.6. The van der Waals surface area contributed by atoms with Gasteiger partial charge in [-0.25, -0.2) is 4.79 Å². The number of piperidine rings is 1. The molecular formula is C28H32N2O5. The predicted octanol–water partition coefficient (Wildman–Crippen LogP) is 4.41. The van der Waals surface area contributed by atoms with Crippen LogP contribution in [0.25, 0.3) is 11.1 Å². The van der Waals surface area contributed by atoms with Crippen LogP contribution in [-0.2, 0) is 14.3 Å². The molecule has 2 aliphatic carbocycles. The molecule has 1 saturated heterocycles. The fourth-order valence-electron chi connectivity index (χ4n) is 5.93. The molecule has 1 heterocycles. The number of hydrogen-bond donors (Lipinski definition) is 2. The van der Waals surface area contributed by atoms with E-state index in [0.29, 0.717) is 32.4 Å². The standard InChI is InChI=1S/C28H32N2O5/c31-26(30-15-5-6-19(16-30)27(32)33)18-11-13-20(14-12-18)29-28(34)35-17-25-23-9-3-1-7-21(23)22-8-2-4-10-24(22)25/h1-4,7-10,18-20,25H,5-6,11-17H2,(H,29,34)(H,32,33)/t18?,19-,20?/m1/s1. The van der Waals surface area contributed by atoms with Crippen LogP contribution in [0.15, 0.2) is 48.5 Å². The lowest BCUT2D eigenvalue weighted by Gasteiger charge is -2.35. The molecule has 0 radical (unpaired) electrons. The number of ether oxygens (including phenoxy) is 1. The summed E-state index contributed by atoms with van der Waals surface area (Å²) in [5.41, 5.74) is 4.76. The second-order valence-corrected chi connectivity index (χ2v) is 9.98. The molecule has 2 aromatic rings. The zero-order valence-corrected chi connectivity index (χ0v) is 19.8. The first kappa shape index (κ1) is 23.4. The molecule has 1 atom stereocenters. The number of carbonyl (C=O) groups is 3. The van der Waals surface area contributed by atoms with Gasteiger partial charge in [0.2, 0.25) is 5.91 Å². The molecule has 2 fully saturated rings. The van der Waals surface area contributed by atoms with E-state index in [9.17, 15) is 19.5 Å². The number of benzene rings is 2. The quantitative estimate of drug-likeness (QED) is 0.667. The smallest absolute Gasteiger partial charge is 0.407 e. The van der Waals surface area contributed by atoms with E-state index in [0.717, 1.165) is 19.3 Å². The van der Waals surface area contributed by atoms with Gasteiger partial charge in [0, 0.05) is 31.0 Å². The van der Waals surface area contributed by atoms with Gasteiger partial charge in [-0.15, -0.1) is 0 Å². The minimum atomic E-state index is -0.821. The normalized spacial score (nSPS) is 23.8. The number of amides is 2. The van der Waals surface area contributed by atoms with Gasteiger partial charge in [0.05, 0.1) is 5.92 Å². The van der Waals surface area contributed by atoms with Gasteiger partial charge in [0.25, 0.3) is 0 Å². The number of likely N-dealkylation sites (tertiary alicyclic amines) is 1. The first-order valence-corrected chi connectivity index (χ1v) is 12.6. The third kappa shape index (κ3) is 4.90. The Morgan fingerprint density at radius 3 is 2.14 bits per heavy atom. The molecule has 0 bridgehead atoms. The summed E-state index contributed by atoms with van der Waals surface area (Å²) in [6.07, 6.45) is 3.79. The molecule has 2 N–H and O–H groups in total. The number of aliphatic carboxylic acids is 1. The van der Waals surface area contributed by atoms with Gasteiger partial charge in [0.15, 0.2) is 0 Å². The van der Waals surface area contributed by atoms with E-state index in [4.69, 9.17) is 4.74 Å². The average molecular weight is 477 g/mol. The first-order chi connectivity index (χ1) is 17.0. The van der Waals surface area contributed by atoms with Crippen LogP contribution in [0.4, 0.5) is 4.79 Å². The highest BCUT2D eigenvalue weighted by Crippen LogP contribution is 2.44. The van der Waals surface area contributed by atoms with E-state index in [1.165, 1.54) is 22.3 Å². The minimum absolute atomic E-state index is 0.0113. The Kier molecular flexibility index (Phi) is 6.75. The number of carbonyl (C=O) groups excluding carboxylic acids is 2. The third-order valence-corrected chi connectivity index (χ3v) is 7.82. The fourth-order valence-corrected chi connectivity index (χ4v) is 5.93. The number of rotatable bonds is 5.